The molecule has 166 valence electrons. The van der Waals surface area contributed by atoms with Crippen molar-refractivity contribution >= 4 is 23.1 Å². The Morgan fingerprint density at radius 3 is 2.00 bits per heavy atom. The maximum Gasteiger partial charge on any atom is 0.282 e. The molecule has 0 atom stereocenters. The molecule has 5 rings (SSSR count). The van der Waals surface area contributed by atoms with Gasteiger partial charge in [0.1, 0.15) is 11.5 Å². The zero-order chi connectivity index (χ0) is 22.8. The molecule has 5 heteroatoms. The Bertz CT molecular complexity index is 1180. The second kappa shape index (κ2) is 9.02. The highest BCUT2D eigenvalue weighted by molar-refractivity contribution is 6.45. The van der Waals surface area contributed by atoms with Crippen LogP contribution < -0.4 is 4.90 Å². The molecule has 2 aliphatic rings. The highest BCUT2D eigenvalue weighted by Gasteiger charge is 2.43. The Kier molecular flexibility index (Phi) is 5.78. The van der Waals surface area contributed by atoms with Gasteiger partial charge in [0.15, 0.2) is 0 Å². The summed E-state index contributed by atoms with van der Waals surface area (Å²) in [4.78, 5) is 30.3. The predicted octanol–water partition coefficient (Wildman–Crippen LogP) is 5.06. The van der Waals surface area contributed by atoms with E-state index in [1.54, 1.807) is 0 Å². The van der Waals surface area contributed by atoms with Gasteiger partial charge < -0.3 is 4.90 Å². The van der Waals surface area contributed by atoms with E-state index in [9.17, 15) is 14.0 Å². The summed E-state index contributed by atoms with van der Waals surface area (Å²) in [5.41, 5.74) is 3.31. The van der Waals surface area contributed by atoms with Crippen molar-refractivity contribution in [1.29, 1.82) is 0 Å². The number of likely N-dealkylation sites (tertiary alicyclic amines) is 1. The van der Waals surface area contributed by atoms with Crippen molar-refractivity contribution < 1.29 is 14.0 Å². The summed E-state index contributed by atoms with van der Waals surface area (Å²) in [5.74, 6) is -0.564. The molecule has 2 heterocycles. The van der Waals surface area contributed by atoms with Crippen LogP contribution in [0.4, 0.5) is 10.1 Å². The number of carbonyl (C=O) groups excluding carboxylic acids is 2. The van der Waals surface area contributed by atoms with E-state index in [1.165, 1.54) is 34.7 Å². The molecule has 0 unspecified atom stereocenters. The fraction of sp³-hybridized carbons (Fsp3) is 0.214. The Morgan fingerprint density at radius 2 is 1.36 bits per heavy atom. The summed E-state index contributed by atoms with van der Waals surface area (Å²) in [6, 6.07) is 25.3. The van der Waals surface area contributed by atoms with Gasteiger partial charge in [-0.15, -0.1) is 0 Å². The molecule has 0 aliphatic carbocycles. The van der Waals surface area contributed by atoms with Crippen molar-refractivity contribution in [1.82, 2.24) is 4.90 Å². The van der Waals surface area contributed by atoms with Crippen molar-refractivity contribution in [3.05, 3.63) is 108 Å². The molecule has 33 heavy (non-hydrogen) atoms. The first-order valence-electron chi connectivity index (χ1n) is 11.3. The average molecular weight is 441 g/mol. The van der Waals surface area contributed by atoms with Gasteiger partial charge in [-0.1, -0.05) is 60.7 Å². The monoisotopic (exact) mass is 440 g/mol. The number of benzene rings is 3. The summed E-state index contributed by atoms with van der Waals surface area (Å²) in [6.07, 6.45) is 2.94. The van der Waals surface area contributed by atoms with Crippen molar-refractivity contribution in [3.8, 4) is 0 Å². The van der Waals surface area contributed by atoms with Gasteiger partial charge in [-0.25, -0.2) is 9.29 Å². The van der Waals surface area contributed by atoms with Gasteiger partial charge in [-0.05, 0) is 60.6 Å². The molecule has 0 spiro atoms. The number of anilines is 1. The summed E-state index contributed by atoms with van der Waals surface area (Å²) >= 11 is 0. The lowest BCUT2D eigenvalue weighted by Crippen LogP contribution is -2.39. The fourth-order valence-corrected chi connectivity index (χ4v) is 4.81. The van der Waals surface area contributed by atoms with Crippen LogP contribution in [0, 0.1) is 11.7 Å². The van der Waals surface area contributed by atoms with E-state index < -0.39 is 5.82 Å². The van der Waals surface area contributed by atoms with Crippen LogP contribution in [0.25, 0.3) is 5.57 Å². The standard InChI is InChI=1S/C28H25FN2O2/c29-23-11-13-24(14-12-23)31-27(32)25(22-9-5-2-6-10-22)26(28(31)33)30-17-15-21(16-18-30)19-20-7-3-1-4-8-20/h1-14,21H,15-19H2. The molecule has 1 saturated heterocycles. The number of amides is 2. The molecular formula is C28H25FN2O2. The third-order valence-corrected chi connectivity index (χ3v) is 6.50. The first-order valence-corrected chi connectivity index (χ1v) is 11.3. The second-order valence-corrected chi connectivity index (χ2v) is 8.63. The van der Waals surface area contributed by atoms with E-state index in [0.29, 0.717) is 22.9 Å². The average Bonchev–Trinajstić information content (AvgIpc) is 3.11. The molecule has 0 N–H and O–H groups in total. The summed E-state index contributed by atoms with van der Waals surface area (Å²) < 4.78 is 13.5. The quantitative estimate of drug-likeness (QED) is 0.521. The van der Waals surface area contributed by atoms with Crippen molar-refractivity contribution in [2.24, 2.45) is 5.92 Å². The number of nitrogens with zero attached hydrogens (tertiary/aromatic N) is 2. The Hall–Kier alpha value is -3.73. The van der Waals surface area contributed by atoms with Crippen molar-refractivity contribution in [2.75, 3.05) is 18.0 Å². The number of hydrogen-bond donors (Lipinski definition) is 0. The van der Waals surface area contributed by atoms with Crippen LogP contribution in [0.5, 0.6) is 0 Å². The van der Waals surface area contributed by atoms with E-state index in [0.717, 1.165) is 37.9 Å². The van der Waals surface area contributed by atoms with Crippen LogP contribution in [0.3, 0.4) is 0 Å². The predicted molar refractivity (Wildman–Crippen MR) is 127 cm³/mol. The number of hydrogen-bond acceptors (Lipinski definition) is 3. The van der Waals surface area contributed by atoms with Gasteiger partial charge in [0.05, 0.1) is 11.3 Å². The number of imide groups is 1. The summed E-state index contributed by atoms with van der Waals surface area (Å²) in [7, 11) is 0. The zero-order valence-corrected chi connectivity index (χ0v) is 18.3. The third kappa shape index (κ3) is 4.19. The molecule has 0 saturated carbocycles. The van der Waals surface area contributed by atoms with E-state index in [-0.39, 0.29) is 11.8 Å². The normalized spacial score (nSPS) is 17.2. The van der Waals surface area contributed by atoms with Gasteiger partial charge >= 0.3 is 0 Å². The van der Waals surface area contributed by atoms with Crippen LogP contribution in [-0.2, 0) is 16.0 Å². The molecule has 2 amide bonds. The smallest absolute Gasteiger partial charge is 0.282 e. The highest BCUT2D eigenvalue weighted by Crippen LogP contribution is 2.36. The maximum absolute atomic E-state index is 13.6. The molecular weight excluding hydrogens is 415 g/mol. The molecule has 2 aliphatic heterocycles. The van der Waals surface area contributed by atoms with Crippen LogP contribution in [0.1, 0.15) is 24.0 Å². The van der Waals surface area contributed by atoms with E-state index in [1.807, 2.05) is 36.4 Å². The van der Waals surface area contributed by atoms with Gasteiger partial charge in [-0.2, -0.15) is 0 Å². The third-order valence-electron chi connectivity index (χ3n) is 6.50. The lowest BCUT2D eigenvalue weighted by Gasteiger charge is -2.34. The van der Waals surface area contributed by atoms with E-state index >= 15 is 0 Å². The van der Waals surface area contributed by atoms with Crippen molar-refractivity contribution in [2.45, 2.75) is 19.3 Å². The number of carbonyl (C=O) groups is 2. The molecule has 0 aromatic heterocycles. The van der Waals surface area contributed by atoms with E-state index in [4.69, 9.17) is 0 Å². The molecule has 3 aromatic rings. The van der Waals surface area contributed by atoms with Gasteiger partial charge in [0.2, 0.25) is 0 Å². The first-order chi connectivity index (χ1) is 16.1. The van der Waals surface area contributed by atoms with Crippen LogP contribution in [-0.4, -0.2) is 29.8 Å². The lowest BCUT2D eigenvalue weighted by atomic mass is 9.89. The van der Waals surface area contributed by atoms with Gasteiger partial charge in [-0.3, -0.25) is 9.59 Å². The minimum atomic E-state index is -0.408. The first kappa shape index (κ1) is 21.1. The SMILES string of the molecule is O=C1C(c2ccccc2)=C(N2CCC(Cc3ccccc3)CC2)C(=O)N1c1ccc(F)cc1. The van der Waals surface area contributed by atoms with Crippen LogP contribution >= 0.6 is 0 Å². The fourth-order valence-electron chi connectivity index (χ4n) is 4.81. The molecule has 3 aromatic carbocycles. The van der Waals surface area contributed by atoms with Crippen LogP contribution in [0.15, 0.2) is 90.6 Å². The number of piperidine rings is 1. The zero-order valence-electron chi connectivity index (χ0n) is 18.3. The van der Waals surface area contributed by atoms with Gasteiger partial charge in [0, 0.05) is 13.1 Å². The number of halogens is 1. The molecule has 0 bridgehead atoms. The molecule has 0 radical (unpaired) electrons. The van der Waals surface area contributed by atoms with Crippen molar-refractivity contribution in [3.63, 3.8) is 0 Å². The topological polar surface area (TPSA) is 40.6 Å². The Labute approximate surface area is 193 Å². The van der Waals surface area contributed by atoms with E-state index in [2.05, 4.69) is 29.2 Å². The Balaban J connectivity index is 1.43. The lowest BCUT2D eigenvalue weighted by molar-refractivity contribution is -0.120. The maximum atomic E-state index is 13.6. The Morgan fingerprint density at radius 1 is 0.758 bits per heavy atom. The minimum absolute atomic E-state index is 0.341. The largest absolute Gasteiger partial charge is 0.366 e. The number of rotatable bonds is 5. The minimum Gasteiger partial charge on any atom is -0.366 e. The summed E-state index contributed by atoms with van der Waals surface area (Å²) in [6.45, 7) is 1.44. The van der Waals surface area contributed by atoms with Gasteiger partial charge in [0.25, 0.3) is 11.8 Å². The van der Waals surface area contributed by atoms with Crippen LogP contribution in [0.2, 0.25) is 0 Å². The second-order valence-electron chi connectivity index (χ2n) is 8.63. The molecule has 1 fully saturated rings. The highest BCUT2D eigenvalue weighted by atomic mass is 19.1. The molecule has 4 nitrogen and oxygen atoms in total. The summed E-state index contributed by atoms with van der Waals surface area (Å²) in [5, 5.41) is 0.